The zero-order valence-corrected chi connectivity index (χ0v) is 19.8. The van der Waals surface area contributed by atoms with Crippen molar-refractivity contribution in [3.05, 3.63) is 89.0 Å². The Morgan fingerprint density at radius 2 is 1.71 bits per heavy atom. The molecular weight excluding hydrogens is 438 g/mol. The molecule has 34 heavy (non-hydrogen) atoms. The Bertz CT molecular complexity index is 1150. The lowest BCUT2D eigenvalue weighted by Crippen LogP contribution is -2.39. The van der Waals surface area contributed by atoms with Gasteiger partial charge < -0.3 is 10.6 Å². The van der Waals surface area contributed by atoms with Crippen LogP contribution >= 0.6 is 0 Å². The zero-order chi connectivity index (χ0) is 24.9. The van der Waals surface area contributed by atoms with E-state index in [9.17, 15) is 18.4 Å². The third kappa shape index (κ3) is 5.87. The van der Waals surface area contributed by atoms with Gasteiger partial charge in [0.1, 0.15) is 5.69 Å². The highest BCUT2D eigenvalue weighted by Gasteiger charge is 2.24. The summed E-state index contributed by atoms with van der Waals surface area (Å²) in [7, 11) is 0. The number of carbonyl (C=O) groups excluding carboxylic acids is 2. The minimum atomic E-state index is -2.78. The molecule has 180 valence electrons. The first-order chi connectivity index (χ1) is 16.1. The highest BCUT2D eigenvalue weighted by atomic mass is 19.3. The Hall–Kier alpha value is -3.55. The van der Waals surface area contributed by atoms with Gasteiger partial charge in [-0.3, -0.25) is 14.2 Å². The molecule has 1 aromatic heterocycles. The van der Waals surface area contributed by atoms with Gasteiger partial charge in [-0.1, -0.05) is 70.2 Å². The summed E-state index contributed by atoms with van der Waals surface area (Å²) < 4.78 is 26.4. The van der Waals surface area contributed by atoms with Crippen molar-refractivity contribution < 1.29 is 18.4 Å². The number of hydrogen-bond donors (Lipinski definition) is 2. The molecule has 1 heterocycles. The Morgan fingerprint density at radius 1 is 1.03 bits per heavy atom. The Morgan fingerprint density at radius 3 is 2.35 bits per heavy atom. The maximum atomic E-state index is 13.1. The monoisotopic (exact) mass is 468 g/mol. The number of aromatic nitrogens is 2. The molecule has 0 aliphatic carbocycles. The van der Waals surface area contributed by atoms with E-state index in [0.29, 0.717) is 10.1 Å². The summed E-state index contributed by atoms with van der Waals surface area (Å²) in [4.78, 5) is 29.7. The van der Waals surface area contributed by atoms with Gasteiger partial charge in [0, 0.05) is 18.3 Å². The molecule has 2 N–H and O–H groups in total. The van der Waals surface area contributed by atoms with E-state index in [1.165, 1.54) is 0 Å². The maximum Gasteiger partial charge on any atom is 0.319 e. The summed E-state index contributed by atoms with van der Waals surface area (Å²) in [5.74, 6) is -0.847. The normalized spacial score (nSPS) is 12.4. The molecule has 0 saturated carbocycles. The van der Waals surface area contributed by atoms with Gasteiger partial charge in [-0.15, -0.1) is 0 Å². The number of nitrogens with zero attached hydrogens (tertiary/aromatic N) is 2. The van der Waals surface area contributed by atoms with Crippen LogP contribution in [0.15, 0.2) is 61.1 Å². The van der Waals surface area contributed by atoms with Crippen LogP contribution in [0.25, 0.3) is 0 Å². The fourth-order valence-electron chi connectivity index (χ4n) is 3.85. The minimum Gasteiger partial charge on any atom is -0.350 e. The largest absolute Gasteiger partial charge is 0.350 e. The smallest absolute Gasteiger partial charge is 0.319 e. The fourth-order valence-corrected chi connectivity index (χ4v) is 3.85. The second-order valence-corrected chi connectivity index (χ2v) is 9.07. The van der Waals surface area contributed by atoms with Crippen LogP contribution < -0.4 is 10.6 Å². The zero-order valence-electron chi connectivity index (χ0n) is 19.8. The maximum absolute atomic E-state index is 13.1. The van der Waals surface area contributed by atoms with Crippen molar-refractivity contribution >= 4 is 11.8 Å². The van der Waals surface area contributed by atoms with Crippen molar-refractivity contribution in [2.24, 2.45) is 0 Å². The number of aryl methyl sites for hydroxylation is 1. The summed E-state index contributed by atoms with van der Waals surface area (Å²) in [6.07, 6.45) is 2.64. The number of benzene rings is 2. The molecule has 2 aromatic carbocycles. The first-order valence-corrected chi connectivity index (χ1v) is 11.2. The first-order valence-electron chi connectivity index (χ1n) is 11.2. The predicted octanol–water partition coefficient (Wildman–Crippen LogP) is 5.04. The van der Waals surface area contributed by atoms with Gasteiger partial charge in [0.2, 0.25) is 0 Å². The van der Waals surface area contributed by atoms with E-state index in [4.69, 9.17) is 0 Å². The van der Waals surface area contributed by atoms with Crippen LogP contribution in [0.3, 0.4) is 0 Å². The average Bonchev–Trinajstić information content (AvgIpc) is 3.32. The van der Waals surface area contributed by atoms with Gasteiger partial charge in [-0.05, 0) is 34.6 Å². The summed E-state index contributed by atoms with van der Waals surface area (Å²) in [5.41, 5.74) is 2.99. The number of carbonyl (C=O) groups is 2. The number of amides is 2. The van der Waals surface area contributed by atoms with Gasteiger partial charge in [-0.2, -0.15) is 8.78 Å². The predicted molar refractivity (Wildman–Crippen MR) is 127 cm³/mol. The summed E-state index contributed by atoms with van der Waals surface area (Å²) in [5, 5.41) is 5.80. The van der Waals surface area contributed by atoms with E-state index < -0.39 is 18.5 Å². The first kappa shape index (κ1) is 25.1. The second kappa shape index (κ2) is 10.6. The van der Waals surface area contributed by atoms with E-state index in [1.807, 2.05) is 70.2 Å². The molecule has 1 unspecified atom stereocenters. The van der Waals surface area contributed by atoms with E-state index in [0.717, 1.165) is 35.6 Å². The summed E-state index contributed by atoms with van der Waals surface area (Å²) >= 11 is 0. The van der Waals surface area contributed by atoms with Crippen LogP contribution in [-0.2, 0) is 11.8 Å². The van der Waals surface area contributed by atoms with Gasteiger partial charge in [0.05, 0.1) is 12.4 Å². The molecule has 8 heteroatoms. The fraction of sp³-hybridized carbons (Fsp3) is 0.346. The number of imidazole rings is 1. The molecular formula is C26H30F2N4O2. The molecule has 0 bridgehead atoms. The molecule has 0 radical (unpaired) electrons. The molecule has 6 nitrogen and oxygen atoms in total. The molecule has 3 rings (SSSR count). The van der Waals surface area contributed by atoms with Crippen LogP contribution in [0.2, 0.25) is 0 Å². The number of nitrogens with one attached hydrogen (secondary N) is 2. The van der Waals surface area contributed by atoms with E-state index in [2.05, 4.69) is 15.6 Å². The molecule has 0 saturated heterocycles. The lowest BCUT2D eigenvalue weighted by Gasteiger charge is -2.24. The number of halogens is 2. The lowest BCUT2D eigenvalue weighted by atomic mass is 9.83. The molecule has 1 atom stereocenters. The van der Waals surface area contributed by atoms with Crippen molar-refractivity contribution in [1.82, 2.24) is 20.2 Å². The number of hydrogen-bond acceptors (Lipinski definition) is 3. The van der Waals surface area contributed by atoms with Crippen LogP contribution in [0, 0.1) is 0 Å². The standard InChI is InChI=1S/C26H30F2N4O2/c1-5-17-10-6-7-11-18(17)21(31-24(34)22-15-32(16-30-22)25(27)28)14-29-23(33)19-12-8-9-13-20(19)26(2,3)4/h6-13,15-16,21,25H,5,14H2,1-4H3,(H,29,33)(H,31,34). The molecule has 0 aliphatic heterocycles. The van der Waals surface area contributed by atoms with Crippen LogP contribution in [-0.4, -0.2) is 27.9 Å². The third-order valence-electron chi connectivity index (χ3n) is 5.62. The van der Waals surface area contributed by atoms with Gasteiger partial charge in [0.25, 0.3) is 11.8 Å². The summed E-state index contributed by atoms with van der Waals surface area (Å²) in [6, 6.07) is 14.4. The minimum absolute atomic E-state index is 0.121. The number of alkyl halides is 2. The van der Waals surface area contributed by atoms with Crippen molar-refractivity contribution in [1.29, 1.82) is 0 Å². The van der Waals surface area contributed by atoms with Gasteiger partial charge in [-0.25, -0.2) is 4.98 Å². The van der Waals surface area contributed by atoms with Crippen LogP contribution in [0.1, 0.15) is 77.8 Å². The lowest BCUT2D eigenvalue weighted by molar-refractivity contribution is 0.0700. The Kier molecular flexibility index (Phi) is 7.81. The third-order valence-corrected chi connectivity index (χ3v) is 5.62. The summed E-state index contributed by atoms with van der Waals surface area (Å²) in [6.45, 7) is 5.46. The van der Waals surface area contributed by atoms with Crippen molar-refractivity contribution in [2.45, 2.75) is 52.1 Å². The van der Waals surface area contributed by atoms with E-state index in [-0.39, 0.29) is 23.6 Å². The van der Waals surface area contributed by atoms with E-state index >= 15 is 0 Å². The van der Waals surface area contributed by atoms with Crippen LogP contribution in [0.4, 0.5) is 8.78 Å². The quantitative estimate of drug-likeness (QED) is 0.486. The molecule has 0 spiro atoms. The molecule has 2 amide bonds. The van der Waals surface area contributed by atoms with Gasteiger partial charge in [0.15, 0.2) is 0 Å². The Balaban J connectivity index is 1.85. The highest BCUT2D eigenvalue weighted by molar-refractivity contribution is 5.96. The molecule has 0 fully saturated rings. The van der Waals surface area contributed by atoms with Crippen molar-refractivity contribution in [3.63, 3.8) is 0 Å². The van der Waals surface area contributed by atoms with Gasteiger partial charge >= 0.3 is 6.55 Å². The van der Waals surface area contributed by atoms with Crippen molar-refractivity contribution in [2.75, 3.05) is 6.54 Å². The topological polar surface area (TPSA) is 76.0 Å². The number of rotatable bonds is 8. The van der Waals surface area contributed by atoms with Crippen LogP contribution in [0.5, 0.6) is 0 Å². The average molecular weight is 469 g/mol. The second-order valence-electron chi connectivity index (χ2n) is 9.07. The Labute approximate surface area is 198 Å². The molecule has 3 aromatic rings. The highest BCUT2D eigenvalue weighted by Crippen LogP contribution is 2.26. The molecule has 0 aliphatic rings. The SMILES string of the molecule is CCc1ccccc1C(CNC(=O)c1ccccc1C(C)(C)C)NC(=O)c1cn(C(F)F)cn1. The van der Waals surface area contributed by atoms with Crippen molar-refractivity contribution in [3.8, 4) is 0 Å². The van der Waals surface area contributed by atoms with E-state index in [1.54, 1.807) is 6.07 Å².